The van der Waals surface area contributed by atoms with Crippen molar-refractivity contribution in [3.63, 3.8) is 0 Å². The molecule has 2 fully saturated rings. The summed E-state index contributed by atoms with van der Waals surface area (Å²) < 4.78 is 3.89. The SMILES string of the molecule is CI=NOCC(O)C12CC1(C(C)C)C2. The van der Waals surface area contributed by atoms with E-state index in [9.17, 15) is 5.11 Å². The van der Waals surface area contributed by atoms with E-state index in [1.807, 2.05) is 4.93 Å². The second-order valence-electron chi connectivity index (χ2n) is 4.87. The van der Waals surface area contributed by atoms with Crippen LogP contribution in [-0.2, 0) is 4.84 Å². The van der Waals surface area contributed by atoms with Gasteiger partial charge in [0.25, 0.3) is 0 Å². The van der Waals surface area contributed by atoms with E-state index >= 15 is 0 Å². The Labute approximate surface area is 95.3 Å². The van der Waals surface area contributed by atoms with Gasteiger partial charge in [-0.1, -0.05) is 13.8 Å². The first-order chi connectivity index (χ1) is 6.59. The van der Waals surface area contributed by atoms with Crippen LogP contribution in [-0.4, -0.2) is 22.7 Å². The monoisotopic (exact) mass is 311 g/mol. The van der Waals surface area contributed by atoms with Crippen LogP contribution in [0.4, 0.5) is 0 Å². The highest BCUT2D eigenvalue weighted by atomic mass is 127. The van der Waals surface area contributed by atoms with Crippen LogP contribution < -0.4 is 0 Å². The zero-order chi connectivity index (χ0) is 10.4. The lowest BCUT2D eigenvalue weighted by Crippen LogP contribution is -2.20. The smallest absolute Gasteiger partial charge is 0.104 e. The van der Waals surface area contributed by atoms with E-state index in [0.717, 1.165) is 0 Å². The van der Waals surface area contributed by atoms with Crippen LogP contribution in [0, 0.1) is 16.7 Å². The summed E-state index contributed by atoms with van der Waals surface area (Å²) in [5, 5.41) is 9.96. The van der Waals surface area contributed by atoms with Gasteiger partial charge in [0.2, 0.25) is 0 Å². The highest BCUT2D eigenvalue weighted by molar-refractivity contribution is 14.2. The van der Waals surface area contributed by atoms with E-state index < -0.39 is 0 Å². The predicted octanol–water partition coefficient (Wildman–Crippen LogP) is 2.50. The normalized spacial score (nSPS) is 42.1. The minimum Gasteiger partial charge on any atom is -0.390 e. The number of halogens is 1. The summed E-state index contributed by atoms with van der Waals surface area (Å²) >= 11 is -0.161. The van der Waals surface area contributed by atoms with Gasteiger partial charge in [0, 0.05) is 31.4 Å². The summed E-state index contributed by atoms with van der Waals surface area (Å²) in [6, 6.07) is 0. The Morgan fingerprint density at radius 1 is 1.43 bits per heavy atom. The zero-order valence-electron chi connectivity index (χ0n) is 8.96. The number of aliphatic hydroxyl groups excluding tert-OH is 1. The second-order valence-corrected chi connectivity index (χ2v) is 6.23. The van der Waals surface area contributed by atoms with Crippen molar-refractivity contribution in [1.29, 1.82) is 0 Å². The Balaban J connectivity index is 1.82. The number of alkyl halides is 1. The van der Waals surface area contributed by atoms with Crippen LogP contribution in [0.15, 0.2) is 3.31 Å². The molecule has 2 saturated carbocycles. The van der Waals surface area contributed by atoms with Crippen molar-refractivity contribution in [2.45, 2.75) is 32.8 Å². The molecule has 14 heavy (non-hydrogen) atoms. The Bertz CT molecular complexity index is 259. The quantitative estimate of drug-likeness (QED) is 0.481. The molecule has 2 rings (SSSR count). The fraction of sp³-hybridized carbons (Fsp3) is 1.00. The van der Waals surface area contributed by atoms with Gasteiger partial charge in [0.05, 0.1) is 6.10 Å². The first-order valence-electron chi connectivity index (χ1n) is 5.08. The molecule has 1 unspecified atom stereocenters. The van der Waals surface area contributed by atoms with Crippen LogP contribution in [0.5, 0.6) is 0 Å². The molecule has 82 valence electrons. The largest absolute Gasteiger partial charge is 0.390 e. The highest BCUT2D eigenvalue weighted by Crippen LogP contribution is 2.90. The lowest BCUT2D eigenvalue weighted by molar-refractivity contribution is 0.0174. The molecule has 2 aliphatic carbocycles. The van der Waals surface area contributed by atoms with Crippen molar-refractivity contribution in [3.8, 4) is 0 Å². The summed E-state index contributed by atoms with van der Waals surface area (Å²) in [7, 11) is 0. The van der Waals surface area contributed by atoms with E-state index in [1.165, 1.54) is 12.8 Å². The molecule has 0 spiro atoms. The fourth-order valence-corrected chi connectivity index (χ4v) is 3.28. The average molecular weight is 311 g/mol. The number of fused-ring (bicyclic) bond motifs is 1. The Kier molecular flexibility index (Phi) is 2.73. The van der Waals surface area contributed by atoms with E-state index in [1.54, 1.807) is 0 Å². The molecule has 1 atom stereocenters. The molecular weight excluding hydrogens is 293 g/mol. The van der Waals surface area contributed by atoms with Crippen molar-refractivity contribution in [1.82, 2.24) is 0 Å². The molecule has 4 heteroatoms. The maximum atomic E-state index is 9.96. The number of hydrogen-bond donors (Lipinski definition) is 1. The molecule has 0 aromatic heterocycles. The minimum atomic E-state index is -0.288. The summed E-state index contributed by atoms with van der Waals surface area (Å²) in [6.45, 7) is 4.91. The first kappa shape index (κ1) is 11.0. The van der Waals surface area contributed by atoms with Gasteiger partial charge >= 0.3 is 0 Å². The van der Waals surface area contributed by atoms with Crippen LogP contribution in [0.1, 0.15) is 26.7 Å². The third-order valence-corrected chi connectivity index (χ3v) is 4.77. The summed E-state index contributed by atoms with van der Waals surface area (Å²) in [5.41, 5.74) is 0.694. The number of hydrogen-bond acceptors (Lipinski definition) is 3. The molecule has 0 amide bonds. The fourth-order valence-electron chi connectivity index (χ4n) is 2.84. The standard InChI is InChI=1S/C10H18INO2/c1-7(2)9-5-10(9,6-9)8(13)4-14-12-11-3/h7-8,13H,4-6H2,1-3H3. The molecule has 0 aromatic rings. The molecule has 0 aliphatic heterocycles. The van der Waals surface area contributed by atoms with Crippen molar-refractivity contribution in [2.24, 2.45) is 20.1 Å². The molecular formula is C10H18INO2. The Morgan fingerprint density at radius 3 is 2.50 bits per heavy atom. The van der Waals surface area contributed by atoms with Gasteiger partial charge < -0.3 is 5.11 Å². The lowest BCUT2D eigenvalue weighted by atomic mass is 10.0. The van der Waals surface area contributed by atoms with E-state index in [2.05, 4.69) is 17.2 Å². The van der Waals surface area contributed by atoms with Crippen LogP contribution in [0.25, 0.3) is 0 Å². The molecule has 0 bridgehead atoms. The third kappa shape index (κ3) is 1.38. The molecule has 0 radical (unpaired) electrons. The zero-order valence-corrected chi connectivity index (χ0v) is 11.1. The van der Waals surface area contributed by atoms with Gasteiger partial charge in [-0.2, -0.15) is 0 Å². The van der Waals surface area contributed by atoms with E-state index in [4.69, 9.17) is 4.84 Å². The summed E-state index contributed by atoms with van der Waals surface area (Å²) in [5.74, 6) is 0.702. The maximum Gasteiger partial charge on any atom is 0.104 e. The van der Waals surface area contributed by atoms with Gasteiger partial charge in [0.1, 0.15) is 6.61 Å². The molecule has 0 aromatic carbocycles. The molecule has 0 heterocycles. The van der Waals surface area contributed by atoms with E-state index in [-0.39, 0.29) is 32.6 Å². The average Bonchev–Trinajstić information content (AvgIpc) is 2.88. The molecule has 3 nitrogen and oxygen atoms in total. The van der Waals surface area contributed by atoms with Crippen molar-refractivity contribution < 1.29 is 9.94 Å². The van der Waals surface area contributed by atoms with Gasteiger partial charge in [-0.05, 0) is 24.2 Å². The predicted molar refractivity (Wildman–Crippen MR) is 63.3 cm³/mol. The van der Waals surface area contributed by atoms with Gasteiger partial charge in [-0.3, -0.25) is 0 Å². The number of aliphatic hydroxyl groups is 1. The second kappa shape index (κ2) is 3.49. The first-order valence-corrected chi connectivity index (χ1v) is 8.20. The highest BCUT2D eigenvalue weighted by Gasteiger charge is 2.85. The van der Waals surface area contributed by atoms with Crippen LogP contribution in [0.2, 0.25) is 0 Å². The van der Waals surface area contributed by atoms with E-state index in [0.29, 0.717) is 17.9 Å². The Morgan fingerprint density at radius 2 is 2.07 bits per heavy atom. The molecule has 1 N–H and O–H groups in total. The van der Waals surface area contributed by atoms with Crippen molar-refractivity contribution in [3.05, 3.63) is 0 Å². The molecule has 2 aliphatic rings. The number of nitrogens with zero attached hydrogens (tertiary/aromatic N) is 1. The molecule has 0 saturated heterocycles. The topological polar surface area (TPSA) is 41.8 Å². The van der Waals surface area contributed by atoms with Crippen molar-refractivity contribution >= 4 is 21.0 Å². The number of rotatable bonds is 5. The summed E-state index contributed by atoms with van der Waals surface area (Å²) in [4.78, 5) is 7.12. The van der Waals surface area contributed by atoms with Gasteiger partial charge in [0.15, 0.2) is 0 Å². The van der Waals surface area contributed by atoms with Gasteiger partial charge in [-0.25, -0.2) is 4.84 Å². The minimum absolute atomic E-state index is 0.161. The third-order valence-electron chi connectivity index (χ3n) is 4.10. The van der Waals surface area contributed by atoms with Gasteiger partial charge in [-0.15, -0.1) is 3.31 Å². The van der Waals surface area contributed by atoms with Crippen LogP contribution in [0.3, 0.4) is 0 Å². The van der Waals surface area contributed by atoms with Crippen molar-refractivity contribution in [2.75, 3.05) is 11.5 Å². The maximum absolute atomic E-state index is 9.96. The summed E-state index contributed by atoms with van der Waals surface area (Å²) in [6.07, 6.45) is 2.11. The Hall–Kier alpha value is 0.450. The lowest BCUT2D eigenvalue weighted by Gasteiger charge is -2.10. The van der Waals surface area contributed by atoms with Crippen LogP contribution >= 0.6 is 21.0 Å².